The maximum absolute atomic E-state index is 14.1. The Balaban J connectivity index is 1.27. The van der Waals surface area contributed by atoms with Crippen molar-refractivity contribution in [2.45, 2.75) is 25.9 Å². The Morgan fingerprint density at radius 3 is 2.47 bits per heavy atom. The number of halogens is 1. The molecule has 38 heavy (non-hydrogen) atoms. The average molecular weight is 514 g/mol. The number of nitrogens with two attached hydrogens (primary N) is 1. The summed E-state index contributed by atoms with van der Waals surface area (Å²) in [6, 6.07) is 21.3. The van der Waals surface area contributed by atoms with Gasteiger partial charge in [0.15, 0.2) is 0 Å². The standard InChI is InChI=1S/C31H36FN5O/c1-2-5-30(35-19-24-6-3-4-7-28(24)32)23-10-13-29(33)27(18-23)31(34)22-8-11-25(12-9-22)37-20-26(21-37)36-14-16-38-17-15-36/h3-13,18,26,34-35H,2,14-17,19-21,33H2,1H3/b30-5-,34-31?. The highest BCUT2D eigenvalue weighted by Crippen LogP contribution is 2.27. The lowest BCUT2D eigenvalue weighted by atomic mass is 9.96. The van der Waals surface area contributed by atoms with Crippen LogP contribution in [0.15, 0.2) is 72.8 Å². The minimum Gasteiger partial charge on any atom is -0.398 e. The van der Waals surface area contributed by atoms with E-state index in [1.807, 2.05) is 36.4 Å². The Hall–Kier alpha value is -3.68. The van der Waals surface area contributed by atoms with E-state index in [9.17, 15) is 4.39 Å². The fourth-order valence-corrected chi connectivity index (χ4v) is 5.10. The molecule has 2 aliphatic rings. The second-order valence-electron chi connectivity index (χ2n) is 9.90. The van der Waals surface area contributed by atoms with Gasteiger partial charge in [-0.25, -0.2) is 4.39 Å². The van der Waals surface area contributed by atoms with E-state index in [-0.39, 0.29) is 5.82 Å². The van der Waals surface area contributed by atoms with Crippen molar-refractivity contribution in [1.29, 1.82) is 5.41 Å². The lowest BCUT2D eigenvalue weighted by molar-refractivity contribution is 0.0105. The molecule has 3 aromatic carbocycles. The van der Waals surface area contributed by atoms with Crippen LogP contribution in [0, 0.1) is 11.2 Å². The highest BCUT2D eigenvalue weighted by Gasteiger charge is 2.32. The number of ether oxygens (including phenoxy) is 1. The molecule has 0 amide bonds. The van der Waals surface area contributed by atoms with Gasteiger partial charge in [0, 0.05) is 72.5 Å². The summed E-state index contributed by atoms with van der Waals surface area (Å²) in [4.78, 5) is 4.90. The molecule has 5 rings (SSSR count). The van der Waals surface area contributed by atoms with Gasteiger partial charge in [0.2, 0.25) is 0 Å². The Morgan fingerprint density at radius 1 is 1.05 bits per heavy atom. The van der Waals surface area contributed by atoms with Gasteiger partial charge in [-0.15, -0.1) is 0 Å². The SMILES string of the molecule is CC/C=C(\NCc1ccccc1F)c1ccc(N)c(C(=N)c2ccc(N3CC(N4CCOCC4)C3)cc2)c1. The van der Waals surface area contributed by atoms with E-state index < -0.39 is 0 Å². The smallest absolute Gasteiger partial charge is 0.128 e. The van der Waals surface area contributed by atoms with E-state index in [0.29, 0.717) is 35.1 Å². The molecule has 0 atom stereocenters. The van der Waals surface area contributed by atoms with E-state index in [1.54, 1.807) is 12.1 Å². The molecule has 6 nitrogen and oxygen atoms in total. The van der Waals surface area contributed by atoms with Crippen LogP contribution in [0.4, 0.5) is 15.8 Å². The summed E-state index contributed by atoms with van der Waals surface area (Å²) >= 11 is 0. The van der Waals surface area contributed by atoms with Crippen molar-refractivity contribution in [2.75, 3.05) is 50.0 Å². The summed E-state index contributed by atoms with van der Waals surface area (Å²) in [6.45, 7) is 8.18. The molecular weight excluding hydrogens is 477 g/mol. The first-order valence-corrected chi connectivity index (χ1v) is 13.4. The van der Waals surface area contributed by atoms with E-state index >= 15 is 0 Å². The van der Waals surface area contributed by atoms with Crippen molar-refractivity contribution in [3.63, 3.8) is 0 Å². The number of anilines is 2. The number of rotatable bonds is 9. The largest absolute Gasteiger partial charge is 0.398 e. The molecular formula is C31H36FN5O. The average Bonchev–Trinajstić information content (AvgIpc) is 2.92. The number of hydrogen-bond acceptors (Lipinski definition) is 6. The monoisotopic (exact) mass is 513 g/mol. The molecule has 4 N–H and O–H groups in total. The normalized spacial score (nSPS) is 16.8. The van der Waals surface area contributed by atoms with Crippen LogP contribution in [-0.4, -0.2) is 56.0 Å². The third-order valence-corrected chi connectivity index (χ3v) is 7.41. The van der Waals surface area contributed by atoms with Gasteiger partial charge in [-0.2, -0.15) is 0 Å². The summed E-state index contributed by atoms with van der Waals surface area (Å²) in [5, 5.41) is 12.3. The number of nitrogens with one attached hydrogen (secondary N) is 2. The van der Waals surface area contributed by atoms with Gasteiger partial charge in [0.25, 0.3) is 0 Å². The molecule has 198 valence electrons. The van der Waals surface area contributed by atoms with Crippen LogP contribution in [0.25, 0.3) is 5.70 Å². The minimum absolute atomic E-state index is 0.228. The second-order valence-corrected chi connectivity index (χ2v) is 9.90. The first-order valence-electron chi connectivity index (χ1n) is 13.4. The van der Waals surface area contributed by atoms with Gasteiger partial charge in [0.05, 0.1) is 18.9 Å². The van der Waals surface area contributed by atoms with Crippen LogP contribution in [-0.2, 0) is 11.3 Å². The van der Waals surface area contributed by atoms with Crippen LogP contribution in [0.3, 0.4) is 0 Å². The summed E-state index contributed by atoms with van der Waals surface area (Å²) in [5.74, 6) is -0.228. The molecule has 2 saturated heterocycles. The molecule has 0 aliphatic carbocycles. The Kier molecular flexibility index (Phi) is 8.05. The summed E-state index contributed by atoms with van der Waals surface area (Å²) in [7, 11) is 0. The zero-order chi connectivity index (χ0) is 26.5. The van der Waals surface area contributed by atoms with E-state index in [2.05, 4.69) is 40.2 Å². The highest BCUT2D eigenvalue weighted by atomic mass is 19.1. The highest BCUT2D eigenvalue weighted by molar-refractivity contribution is 6.14. The number of allylic oxidation sites excluding steroid dienone is 1. The molecule has 0 bridgehead atoms. The lowest BCUT2D eigenvalue weighted by Gasteiger charge is -2.47. The van der Waals surface area contributed by atoms with Crippen molar-refractivity contribution in [3.8, 4) is 0 Å². The zero-order valence-corrected chi connectivity index (χ0v) is 21.9. The van der Waals surface area contributed by atoms with Crippen LogP contribution >= 0.6 is 0 Å². The first-order chi connectivity index (χ1) is 18.5. The minimum atomic E-state index is -0.228. The van der Waals surface area contributed by atoms with Crippen molar-refractivity contribution >= 4 is 22.8 Å². The van der Waals surface area contributed by atoms with Gasteiger partial charge in [0.1, 0.15) is 5.82 Å². The van der Waals surface area contributed by atoms with E-state index in [1.165, 1.54) is 11.8 Å². The van der Waals surface area contributed by atoms with Crippen molar-refractivity contribution in [3.05, 3.63) is 101 Å². The number of benzene rings is 3. The number of hydrogen-bond donors (Lipinski definition) is 3. The summed E-state index contributed by atoms with van der Waals surface area (Å²) < 4.78 is 19.6. The van der Waals surface area contributed by atoms with Crippen LogP contribution in [0.2, 0.25) is 0 Å². The molecule has 2 heterocycles. The molecule has 0 spiro atoms. The molecule has 2 aliphatic heterocycles. The fraction of sp³-hybridized carbons (Fsp3) is 0.323. The Morgan fingerprint density at radius 2 is 1.76 bits per heavy atom. The van der Waals surface area contributed by atoms with Crippen molar-refractivity contribution in [1.82, 2.24) is 10.2 Å². The molecule has 0 radical (unpaired) electrons. The Bertz CT molecular complexity index is 1290. The molecule has 7 heteroatoms. The number of nitrogen functional groups attached to an aromatic ring is 1. The van der Waals surface area contributed by atoms with Gasteiger partial charge in [-0.3, -0.25) is 10.3 Å². The van der Waals surface area contributed by atoms with Crippen molar-refractivity contribution < 1.29 is 9.13 Å². The zero-order valence-electron chi connectivity index (χ0n) is 21.9. The summed E-state index contributed by atoms with van der Waals surface area (Å²) in [5.41, 5.74) is 12.4. The van der Waals surface area contributed by atoms with Crippen LogP contribution in [0.5, 0.6) is 0 Å². The fourth-order valence-electron chi connectivity index (χ4n) is 5.10. The maximum Gasteiger partial charge on any atom is 0.128 e. The third-order valence-electron chi connectivity index (χ3n) is 7.41. The predicted molar refractivity (Wildman–Crippen MR) is 153 cm³/mol. The first kappa shape index (κ1) is 25.9. The topological polar surface area (TPSA) is 77.6 Å². The molecule has 0 saturated carbocycles. The third kappa shape index (κ3) is 5.74. The molecule has 3 aromatic rings. The van der Waals surface area contributed by atoms with E-state index in [0.717, 1.165) is 62.6 Å². The van der Waals surface area contributed by atoms with Crippen LogP contribution in [0.1, 0.15) is 35.6 Å². The van der Waals surface area contributed by atoms with Gasteiger partial charge >= 0.3 is 0 Å². The summed E-state index contributed by atoms with van der Waals surface area (Å²) in [6.07, 6.45) is 2.90. The lowest BCUT2D eigenvalue weighted by Crippen LogP contribution is -2.61. The number of morpholine rings is 1. The quantitative estimate of drug-likeness (QED) is 0.281. The predicted octanol–water partition coefficient (Wildman–Crippen LogP) is 4.89. The van der Waals surface area contributed by atoms with Crippen LogP contribution < -0.4 is 16.0 Å². The second kappa shape index (κ2) is 11.8. The number of nitrogens with zero attached hydrogens (tertiary/aromatic N) is 2. The molecule has 0 unspecified atom stereocenters. The Labute approximate surface area is 224 Å². The van der Waals surface area contributed by atoms with Gasteiger partial charge in [-0.1, -0.05) is 49.4 Å². The van der Waals surface area contributed by atoms with Gasteiger partial charge in [-0.05, 0) is 42.3 Å². The molecule has 0 aromatic heterocycles. The van der Waals surface area contributed by atoms with E-state index in [4.69, 9.17) is 15.9 Å². The maximum atomic E-state index is 14.1. The van der Waals surface area contributed by atoms with Gasteiger partial charge < -0.3 is 20.7 Å². The molecule has 2 fully saturated rings. The van der Waals surface area contributed by atoms with Crippen molar-refractivity contribution in [2.24, 2.45) is 0 Å².